The summed E-state index contributed by atoms with van der Waals surface area (Å²) in [4.78, 5) is 14.3. The third-order valence-corrected chi connectivity index (χ3v) is 3.61. The first-order chi connectivity index (χ1) is 8.72. The molecule has 0 bridgehead atoms. The van der Waals surface area contributed by atoms with Gasteiger partial charge in [0, 0.05) is 6.04 Å². The molecule has 0 radical (unpaired) electrons. The lowest BCUT2D eigenvalue weighted by molar-refractivity contribution is -0.130. The van der Waals surface area contributed by atoms with Crippen molar-refractivity contribution in [1.82, 2.24) is 10.2 Å². The zero-order valence-electron chi connectivity index (χ0n) is 11.2. The average molecular weight is 246 g/mol. The molecule has 1 heterocycles. The standard InChI is InChI=1S/C15H22N2O/c1-3-7-12(2)17-11-16-14(15(17)18)10-13-8-5-4-6-9-13/h4-6,8-9,12,14,16H,3,7,10-11H2,1-2H3. The molecule has 1 aromatic carbocycles. The van der Waals surface area contributed by atoms with Crippen LogP contribution in [0.1, 0.15) is 32.3 Å². The number of hydrogen-bond donors (Lipinski definition) is 1. The van der Waals surface area contributed by atoms with E-state index in [-0.39, 0.29) is 11.9 Å². The van der Waals surface area contributed by atoms with Crippen molar-refractivity contribution < 1.29 is 4.79 Å². The highest BCUT2D eigenvalue weighted by atomic mass is 16.2. The Morgan fingerprint density at radius 1 is 1.39 bits per heavy atom. The first kappa shape index (κ1) is 13.1. The minimum Gasteiger partial charge on any atom is -0.326 e. The first-order valence-electron chi connectivity index (χ1n) is 6.80. The third kappa shape index (κ3) is 2.91. The molecule has 3 nitrogen and oxygen atoms in total. The third-order valence-electron chi connectivity index (χ3n) is 3.61. The molecule has 1 aromatic rings. The number of benzene rings is 1. The van der Waals surface area contributed by atoms with Crippen molar-refractivity contribution in [3.8, 4) is 0 Å². The number of carbonyl (C=O) groups excluding carboxylic acids is 1. The molecular weight excluding hydrogens is 224 g/mol. The lowest BCUT2D eigenvalue weighted by atomic mass is 10.1. The second-order valence-electron chi connectivity index (χ2n) is 5.05. The second kappa shape index (κ2) is 6.01. The van der Waals surface area contributed by atoms with E-state index in [0.29, 0.717) is 12.7 Å². The van der Waals surface area contributed by atoms with Crippen LogP contribution in [0, 0.1) is 0 Å². The maximum absolute atomic E-state index is 12.3. The molecule has 1 amide bonds. The summed E-state index contributed by atoms with van der Waals surface area (Å²) in [7, 11) is 0. The van der Waals surface area contributed by atoms with Gasteiger partial charge in [-0.2, -0.15) is 0 Å². The van der Waals surface area contributed by atoms with Crippen molar-refractivity contribution in [3.63, 3.8) is 0 Å². The van der Waals surface area contributed by atoms with Crippen LogP contribution in [0.15, 0.2) is 30.3 Å². The molecule has 2 atom stereocenters. The molecule has 0 saturated carbocycles. The van der Waals surface area contributed by atoms with E-state index in [1.165, 1.54) is 5.56 Å². The van der Waals surface area contributed by atoms with Gasteiger partial charge in [-0.05, 0) is 25.3 Å². The fourth-order valence-electron chi connectivity index (χ4n) is 2.53. The molecule has 2 rings (SSSR count). The molecule has 0 aliphatic carbocycles. The smallest absolute Gasteiger partial charge is 0.241 e. The molecular formula is C15H22N2O. The fraction of sp³-hybridized carbons (Fsp3) is 0.533. The SMILES string of the molecule is CCCC(C)N1CNC(Cc2ccccc2)C1=O. The molecule has 1 aliphatic rings. The summed E-state index contributed by atoms with van der Waals surface area (Å²) in [5.74, 6) is 0.250. The zero-order valence-corrected chi connectivity index (χ0v) is 11.2. The van der Waals surface area contributed by atoms with Crippen molar-refractivity contribution >= 4 is 5.91 Å². The molecule has 1 fully saturated rings. The van der Waals surface area contributed by atoms with Crippen molar-refractivity contribution in [2.24, 2.45) is 0 Å². The summed E-state index contributed by atoms with van der Waals surface area (Å²) in [5.41, 5.74) is 1.22. The number of nitrogens with zero attached hydrogens (tertiary/aromatic N) is 1. The Hall–Kier alpha value is -1.35. The van der Waals surface area contributed by atoms with Gasteiger partial charge in [0.2, 0.25) is 5.91 Å². The van der Waals surface area contributed by atoms with Crippen molar-refractivity contribution in [2.45, 2.75) is 45.2 Å². The number of nitrogens with one attached hydrogen (secondary N) is 1. The minimum absolute atomic E-state index is 0.0493. The van der Waals surface area contributed by atoms with E-state index in [1.807, 2.05) is 23.1 Å². The summed E-state index contributed by atoms with van der Waals surface area (Å²) >= 11 is 0. The summed E-state index contributed by atoms with van der Waals surface area (Å²) in [6.45, 7) is 4.98. The van der Waals surface area contributed by atoms with Crippen LogP contribution < -0.4 is 5.32 Å². The first-order valence-corrected chi connectivity index (χ1v) is 6.80. The lowest BCUT2D eigenvalue weighted by Crippen LogP contribution is -2.37. The highest BCUT2D eigenvalue weighted by molar-refractivity contribution is 5.84. The summed E-state index contributed by atoms with van der Waals surface area (Å²) in [6.07, 6.45) is 2.98. The predicted molar refractivity (Wildman–Crippen MR) is 73.2 cm³/mol. The van der Waals surface area contributed by atoms with Gasteiger partial charge in [0.25, 0.3) is 0 Å². The Labute approximate surface area is 109 Å². The van der Waals surface area contributed by atoms with Crippen LogP contribution in [0.5, 0.6) is 0 Å². The van der Waals surface area contributed by atoms with Gasteiger partial charge in [-0.25, -0.2) is 0 Å². The zero-order chi connectivity index (χ0) is 13.0. The summed E-state index contributed by atoms with van der Waals surface area (Å²) in [6, 6.07) is 10.5. The highest BCUT2D eigenvalue weighted by Gasteiger charge is 2.33. The quantitative estimate of drug-likeness (QED) is 0.863. The van der Waals surface area contributed by atoms with Crippen LogP contribution in [0.4, 0.5) is 0 Å². The molecule has 1 saturated heterocycles. The monoisotopic (exact) mass is 246 g/mol. The van der Waals surface area contributed by atoms with Gasteiger partial charge in [-0.1, -0.05) is 43.7 Å². The number of rotatable bonds is 5. The number of amides is 1. The Morgan fingerprint density at radius 2 is 2.11 bits per heavy atom. The van der Waals surface area contributed by atoms with Crippen LogP contribution in [0.2, 0.25) is 0 Å². The van der Waals surface area contributed by atoms with Crippen LogP contribution in [-0.4, -0.2) is 29.6 Å². The van der Waals surface area contributed by atoms with E-state index in [4.69, 9.17) is 0 Å². The van der Waals surface area contributed by atoms with Crippen molar-refractivity contribution in [1.29, 1.82) is 0 Å². The average Bonchev–Trinajstić information content (AvgIpc) is 2.73. The molecule has 3 heteroatoms. The number of carbonyl (C=O) groups is 1. The normalized spacial score (nSPS) is 21.3. The van der Waals surface area contributed by atoms with Crippen LogP contribution >= 0.6 is 0 Å². The Balaban J connectivity index is 1.95. The van der Waals surface area contributed by atoms with E-state index in [2.05, 4.69) is 31.3 Å². The number of hydrogen-bond acceptors (Lipinski definition) is 2. The largest absolute Gasteiger partial charge is 0.326 e. The lowest BCUT2D eigenvalue weighted by Gasteiger charge is -2.23. The molecule has 0 spiro atoms. The molecule has 18 heavy (non-hydrogen) atoms. The highest BCUT2D eigenvalue weighted by Crippen LogP contribution is 2.15. The van der Waals surface area contributed by atoms with E-state index in [0.717, 1.165) is 19.3 Å². The van der Waals surface area contributed by atoms with Gasteiger partial charge >= 0.3 is 0 Å². The van der Waals surface area contributed by atoms with Gasteiger partial charge in [-0.3, -0.25) is 10.1 Å². The maximum atomic E-state index is 12.3. The Morgan fingerprint density at radius 3 is 2.78 bits per heavy atom. The second-order valence-corrected chi connectivity index (χ2v) is 5.05. The molecule has 1 aliphatic heterocycles. The maximum Gasteiger partial charge on any atom is 0.241 e. The van der Waals surface area contributed by atoms with Gasteiger partial charge < -0.3 is 4.90 Å². The van der Waals surface area contributed by atoms with E-state index in [1.54, 1.807) is 0 Å². The van der Waals surface area contributed by atoms with Crippen LogP contribution in [0.25, 0.3) is 0 Å². The van der Waals surface area contributed by atoms with Gasteiger partial charge in [0.05, 0.1) is 12.7 Å². The van der Waals surface area contributed by atoms with E-state index >= 15 is 0 Å². The fourth-order valence-corrected chi connectivity index (χ4v) is 2.53. The topological polar surface area (TPSA) is 32.3 Å². The van der Waals surface area contributed by atoms with Crippen molar-refractivity contribution in [3.05, 3.63) is 35.9 Å². The summed E-state index contributed by atoms with van der Waals surface area (Å²) < 4.78 is 0. The Kier molecular flexibility index (Phi) is 4.37. The van der Waals surface area contributed by atoms with Gasteiger partial charge in [0.15, 0.2) is 0 Å². The summed E-state index contributed by atoms with van der Waals surface area (Å²) in [5, 5.41) is 3.32. The molecule has 0 aromatic heterocycles. The molecule has 1 N–H and O–H groups in total. The van der Waals surface area contributed by atoms with E-state index < -0.39 is 0 Å². The van der Waals surface area contributed by atoms with E-state index in [9.17, 15) is 4.79 Å². The minimum atomic E-state index is -0.0493. The van der Waals surface area contributed by atoms with Gasteiger partial charge in [-0.15, -0.1) is 0 Å². The molecule has 2 unspecified atom stereocenters. The predicted octanol–water partition coefficient (Wildman–Crippen LogP) is 2.18. The van der Waals surface area contributed by atoms with Gasteiger partial charge in [0.1, 0.15) is 0 Å². The molecule has 98 valence electrons. The van der Waals surface area contributed by atoms with Crippen LogP contribution in [-0.2, 0) is 11.2 Å². The Bertz CT molecular complexity index is 391. The van der Waals surface area contributed by atoms with Crippen molar-refractivity contribution in [2.75, 3.05) is 6.67 Å². The van der Waals surface area contributed by atoms with Crippen LogP contribution in [0.3, 0.4) is 0 Å².